The quantitative estimate of drug-likeness (QED) is 0.153. The first-order chi connectivity index (χ1) is 37.6. The largest absolute Gasteiger partial charge is 0.457 e. The lowest BCUT2D eigenvalue weighted by Crippen LogP contribution is -2.64. The van der Waals surface area contributed by atoms with Crippen LogP contribution in [0.4, 0.5) is 34.1 Å². The topological polar surface area (TPSA) is 51.2 Å². The first-order valence-corrected chi connectivity index (χ1v) is 27.2. The summed E-state index contributed by atoms with van der Waals surface area (Å²) in [6.07, 6.45) is 0. The minimum absolute atomic E-state index is 0.00973. The van der Waals surface area contributed by atoms with Crippen molar-refractivity contribution >= 4 is 148 Å². The first-order valence-electron chi connectivity index (χ1n) is 25.6. The van der Waals surface area contributed by atoms with E-state index < -0.39 is 0 Å². The fraction of sp³-hybridized carbons (Fsp3) is 0. The van der Waals surface area contributed by atoms with Gasteiger partial charge in [-0.25, -0.2) is 0 Å². The summed E-state index contributed by atoms with van der Waals surface area (Å²) in [4.78, 5) is 9.78. The van der Waals surface area contributed by atoms with Gasteiger partial charge in [0, 0.05) is 99.5 Å². The van der Waals surface area contributed by atoms with E-state index in [1.807, 2.05) is 59.9 Å². The molecule has 76 heavy (non-hydrogen) atoms. The molecule has 0 unspecified atom stereocenters. The zero-order valence-electron chi connectivity index (χ0n) is 40.4. The van der Waals surface area contributed by atoms with Crippen LogP contribution in [0.5, 0.6) is 23.0 Å². The number of fused-ring (bicyclic) bond motifs is 14. The summed E-state index contributed by atoms with van der Waals surface area (Å²) in [6, 6.07) is 82.2. The third-order valence-electron chi connectivity index (χ3n) is 15.6. The van der Waals surface area contributed by atoms with Gasteiger partial charge in [0.2, 0.25) is 6.71 Å². The lowest BCUT2D eigenvalue weighted by atomic mass is 9.31. The van der Waals surface area contributed by atoms with Crippen LogP contribution in [-0.2, 0) is 0 Å². The average Bonchev–Trinajstić information content (AvgIpc) is 4.12. The summed E-state index contributed by atoms with van der Waals surface area (Å²) in [5, 5.41) is 4.32. The van der Waals surface area contributed by atoms with E-state index in [9.17, 15) is 0 Å². The van der Waals surface area contributed by atoms with Crippen molar-refractivity contribution in [3.05, 3.63) is 231 Å². The highest BCUT2D eigenvalue weighted by atomic mass is 32.2. The monoisotopic (exact) mass is 1010 g/mol. The SMILES string of the molecule is c1ccc(N2c3ccccc3B3c4cc5c(cc4N(c4ccccc4)c4cc(Oc6ccc7c(c6)oc6ccccc67)cc2c43)Sc2cc(Oc3ccc4c(c3)oc3ccccc34)cc3c2B5c2ccccc2S3)cc1. The van der Waals surface area contributed by atoms with Gasteiger partial charge in [-0.15, -0.1) is 0 Å². The van der Waals surface area contributed by atoms with Gasteiger partial charge in [0.1, 0.15) is 45.3 Å². The molecule has 13 aromatic rings. The fourth-order valence-electron chi connectivity index (χ4n) is 12.5. The molecular weight excluding hydrogens is 970 g/mol. The Labute approximate surface area is 446 Å². The lowest BCUT2D eigenvalue weighted by molar-refractivity contribution is 0.479. The number of furan rings is 2. The molecule has 354 valence electrons. The third-order valence-corrected chi connectivity index (χ3v) is 17.9. The summed E-state index contributed by atoms with van der Waals surface area (Å²) < 4.78 is 26.6. The number of para-hydroxylation sites is 5. The summed E-state index contributed by atoms with van der Waals surface area (Å²) in [6.45, 7) is -0.0863. The number of nitrogens with zero attached hydrogens (tertiary/aromatic N) is 2. The molecule has 2 aromatic heterocycles. The molecule has 0 bridgehead atoms. The van der Waals surface area contributed by atoms with E-state index in [1.165, 1.54) is 52.4 Å². The Balaban J connectivity index is 0.863. The second kappa shape index (κ2) is 16.3. The number of ether oxygens (including phenoxy) is 2. The molecule has 0 aliphatic carbocycles. The average molecular weight is 1010 g/mol. The van der Waals surface area contributed by atoms with E-state index in [1.54, 1.807) is 0 Å². The Bertz CT molecular complexity index is 4600. The van der Waals surface area contributed by atoms with Gasteiger partial charge in [-0.3, -0.25) is 0 Å². The zero-order chi connectivity index (χ0) is 49.6. The maximum Gasteiger partial charge on any atom is 0.252 e. The number of anilines is 6. The molecular formula is C66H38B2N2O4S2. The Hall–Kier alpha value is -8.95. The Kier molecular flexibility index (Phi) is 9.08. The van der Waals surface area contributed by atoms with Gasteiger partial charge in [0.25, 0.3) is 6.71 Å². The van der Waals surface area contributed by atoms with E-state index in [0.29, 0.717) is 5.75 Å². The van der Waals surface area contributed by atoms with Gasteiger partial charge >= 0.3 is 0 Å². The van der Waals surface area contributed by atoms with Crippen LogP contribution in [0.3, 0.4) is 0 Å². The van der Waals surface area contributed by atoms with Crippen molar-refractivity contribution < 1.29 is 18.3 Å². The van der Waals surface area contributed by atoms with Crippen molar-refractivity contribution in [1.82, 2.24) is 0 Å². The Morgan fingerprint density at radius 3 is 1.45 bits per heavy atom. The van der Waals surface area contributed by atoms with Crippen LogP contribution in [0.1, 0.15) is 0 Å². The van der Waals surface area contributed by atoms with Crippen molar-refractivity contribution in [2.45, 2.75) is 19.6 Å². The zero-order valence-corrected chi connectivity index (χ0v) is 42.1. The number of hydrogen-bond acceptors (Lipinski definition) is 8. The highest BCUT2D eigenvalue weighted by Crippen LogP contribution is 2.49. The van der Waals surface area contributed by atoms with Crippen LogP contribution in [-0.4, -0.2) is 13.4 Å². The minimum Gasteiger partial charge on any atom is -0.457 e. The molecule has 0 spiro atoms. The number of benzene rings is 11. The predicted octanol–water partition coefficient (Wildman–Crippen LogP) is 14.6. The van der Waals surface area contributed by atoms with Crippen molar-refractivity contribution in [3.63, 3.8) is 0 Å². The van der Waals surface area contributed by atoms with Crippen LogP contribution in [0.15, 0.2) is 259 Å². The van der Waals surface area contributed by atoms with Crippen molar-refractivity contribution in [3.8, 4) is 23.0 Å². The molecule has 0 N–H and O–H groups in total. The smallest absolute Gasteiger partial charge is 0.252 e. The molecule has 4 aliphatic rings. The van der Waals surface area contributed by atoms with Crippen LogP contribution >= 0.6 is 23.5 Å². The molecule has 6 nitrogen and oxygen atoms in total. The normalized spacial score (nSPS) is 13.6. The summed E-state index contributed by atoms with van der Waals surface area (Å²) in [5.41, 5.74) is 17.6. The van der Waals surface area contributed by atoms with E-state index in [0.717, 1.165) is 95.2 Å². The molecule has 0 saturated carbocycles. The van der Waals surface area contributed by atoms with Gasteiger partial charge in [0.15, 0.2) is 0 Å². The molecule has 0 fully saturated rings. The van der Waals surface area contributed by atoms with Crippen LogP contribution in [0, 0.1) is 0 Å². The standard InChI is InChI=1S/C66H38B2N2O4S2/c1-3-15-39(16-4-1)69-53-23-11-9-21-49(53)67-51-37-52-62(76-64-36-44(35-63-66(64)68(52)50-22-10-14-26-61(50)75-63)72-42-28-30-48-46-20-8-13-25-58(46)74-60(48)34-42)38-54(51)70(40-17-5-2-6-18-40)56-32-43(31-55(69)65(56)67)71-41-27-29-47-45-19-7-12-24-57(45)73-59(47)33-41/h1-38H. The molecule has 0 atom stereocenters. The van der Waals surface area contributed by atoms with Gasteiger partial charge in [-0.1, -0.05) is 150 Å². The minimum atomic E-state index is -0.0960. The molecule has 4 aliphatic heterocycles. The van der Waals surface area contributed by atoms with E-state index in [4.69, 9.17) is 18.3 Å². The fourth-order valence-corrected chi connectivity index (χ4v) is 15.0. The predicted molar refractivity (Wildman–Crippen MR) is 314 cm³/mol. The first kappa shape index (κ1) is 42.4. The van der Waals surface area contributed by atoms with Crippen LogP contribution in [0.2, 0.25) is 0 Å². The van der Waals surface area contributed by atoms with Gasteiger partial charge < -0.3 is 28.1 Å². The number of rotatable bonds is 6. The molecule has 6 heterocycles. The summed E-state index contributed by atoms with van der Waals surface area (Å²) >= 11 is 3.68. The molecule has 10 heteroatoms. The van der Waals surface area contributed by atoms with Crippen LogP contribution < -0.4 is 52.1 Å². The molecule has 0 saturated heterocycles. The molecule has 0 amide bonds. The Morgan fingerprint density at radius 2 is 0.803 bits per heavy atom. The second-order valence-corrected chi connectivity index (χ2v) is 22.1. The maximum atomic E-state index is 7.06. The van der Waals surface area contributed by atoms with Gasteiger partial charge in [-0.05, 0) is 113 Å². The van der Waals surface area contributed by atoms with E-state index in [2.05, 4.69) is 204 Å². The van der Waals surface area contributed by atoms with Crippen molar-refractivity contribution in [2.75, 3.05) is 9.80 Å². The second-order valence-electron chi connectivity index (χ2n) is 19.9. The van der Waals surface area contributed by atoms with E-state index in [-0.39, 0.29) is 13.4 Å². The third kappa shape index (κ3) is 6.35. The van der Waals surface area contributed by atoms with Gasteiger partial charge in [-0.2, -0.15) is 0 Å². The summed E-state index contributed by atoms with van der Waals surface area (Å²) in [5.74, 6) is 2.96. The molecule has 0 radical (unpaired) electrons. The molecule has 11 aromatic carbocycles. The van der Waals surface area contributed by atoms with Crippen molar-refractivity contribution in [2.24, 2.45) is 0 Å². The van der Waals surface area contributed by atoms with Gasteiger partial charge in [0.05, 0.1) is 0 Å². The van der Waals surface area contributed by atoms with Crippen LogP contribution in [0.25, 0.3) is 43.9 Å². The van der Waals surface area contributed by atoms with E-state index >= 15 is 0 Å². The molecule has 17 rings (SSSR count). The highest BCUT2D eigenvalue weighted by Gasteiger charge is 2.46. The maximum absolute atomic E-state index is 7.06. The van der Waals surface area contributed by atoms with Crippen molar-refractivity contribution in [1.29, 1.82) is 0 Å². The highest BCUT2D eigenvalue weighted by molar-refractivity contribution is 8.01. The Morgan fingerprint density at radius 1 is 0.303 bits per heavy atom. The summed E-state index contributed by atoms with van der Waals surface area (Å²) in [7, 11) is 0. The lowest BCUT2D eigenvalue weighted by Gasteiger charge is -2.45. The number of hydrogen-bond donors (Lipinski definition) is 0.